The molecule has 8 rings (SSSR count). The second-order valence-electron chi connectivity index (χ2n) is 16.7. The van der Waals surface area contributed by atoms with E-state index in [1.165, 1.54) is 23.5 Å². The fraction of sp³-hybridized carbons (Fsp3) is 0.386. The summed E-state index contributed by atoms with van der Waals surface area (Å²) in [4.78, 5) is 42.5. The molecule has 6 N–H and O–H groups in total. The minimum atomic E-state index is -0.487. The van der Waals surface area contributed by atoms with Crippen molar-refractivity contribution in [3.63, 3.8) is 0 Å². The topological polar surface area (TPSA) is 198 Å². The van der Waals surface area contributed by atoms with Gasteiger partial charge in [0.05, 0.1) is 6.42 Å². The maximum absolute atomic E-state index is 12.1. The van der Waals surface area contributed by atoms with E-state index in [0.29, 0.717) is 21.9 Å². The molecule has 0 atom stereocenters. The molecule has 2 fully saturated rings. The van der Waals surface area contributed by atoms with Gasteiger partial charge in [0, 0.05) is 103 Å². The lowest BCUT2D eigenvalue weighted by Gasteiger charge is -2.33. The first-order chi connectivity index (χ1) is 30.2. The standard InChI is InChI=1S/C25H33N7O2S.C19H24N8S/c1-17-14-21(30-29-17)26-20-16-22(32-12-10-31(5)11-13-32)28-24(27-20)35-19-8-6-18(7-9-19)15-23(33)34-25(2,3)4;1-13-11-17(25-24-13)21-16-12-18(27-9-7-26(2)8-10-27)23-19(22-16)28-15-5-3-14(20)4-6-15/h6-9,14,16H,10-13,15H2,1-5H3,(H2,26,27,28,29,30);3-6,11-12H,7-10,20H2,1-2H3,(H2,21,22,23,24,25). The third-order valence-corrected chi connectivity index (χ3v) is 11.7. The monoisotopic (exact) mass is 891 g/mol. The molecule has 4 aromatic heterocycles. The number of benzene rings is 2. The lowest BCUT2D eigenvalue weighted by Crippen LogP contribution is -2.44. The first-order valence-electron chi connectivity index (χ1n) is 20.9. The minimum Gasteiger partial charge on any atom is -0.460 e. The first-order valence-corrected chi connectivity index (χ1v) is 22.6. The van der Waals surface area contributed by atoms with Crippen molar-refractivity contribution in [3.8, 4) is 0 Å². The predicted octanol–water partition coefficient (Wildman–Crippen LogP) is 6.78. The molecule has 0 spiro atoms. The van der Waals surface area contributed by atoms with Gasteiger partial charge in [0.2, 0.25) is 0 Å². The Morgan fingerprint density at radius 3 is 1.48 bits per heavy atom. The van der Waals surface area contributed by atoms with Crippen LogP contribution in [0.4, 0.5) is 40.6 Å². The summed E-state index contributed by atoms with van der Waals surface area (Å²) in [7, 11) is 4.28. The zero-order valence-corrected chi connectivity index (χ0v) is 38.6. The van der Waals surface area contributed by atoms with Crippen LogP contribution in [0, 0.1) is 13.8 Å². The van der Waals surface area contributed by atoms with Crippen LogP contribution < -0.4 is 26.2 Å². The maximum atomic E-state index is 12.1. The molecule has 6 aromatic rings. The van der Waals surface area contributed by atoms with Crippen molar-refractivity contribution in [3.05, 3.63) is 89.7 Å². The number of aromatic amines is 2. The van der Waals surface area contributed by atoms with Gasteiger partial charge in [-0.2, -0.15) is 10.2 Å². The van der Waals surface area contributed by atoms with Crippen LogP contribution in [0.3, 0.4) is 0 Å². The number of likely N-dealkylation sites (N-methyl/N-ethyl adjacent to an activating group) is 2. The van der Waals surface area contributed by atoms with Crippen LogP contribution in [-0.4, -0.2) is 128 Å². The smallest absolute Gasteiger partial charge is 0.310 e. The maximum Gasteiger partial charge on any atom is 0.310 e. The summed E-state index contributed by atoms with van der Waals surface area (Å²) in [5, 5.41) is 22.3. The summed E-state index contributed by atoms with van der Waals surface area (Å²) in [6, 6.07) is 23.5. The van der Waals surface area contributed by atoms with E-state index in [0.717, 1.165) is 108 Å². The van der Waals surface area contributed by atoms with Gasteiger partial charge < -0.3 is 40.7 Å². The molecule has 2 aliphatic rings. The number of nitrogens with one attached hydrogen (secondary N) is 4. The Bertz CT molecular complexity index is 2420. The van der Waals surface area contributed by atoms with Crippen LogP contribution >= 0.6 is 23.5 Å². The van der Waals surface area contributed by atoms with Crippen LogP contribution in [0.5, 0.6) is 0 Å². The van der Waals surface area contributed by atoms with Crippen LogP contribution in [0.2, 0.25) is 0 Å². The Balaban J connectivity index is 0.000000193. The fourth-order valence-corrected chi connectivity index (χ4v) is 8.17. The highest BCUT2D eigenvalue weighted by Gasteiger charge is 2.21. The number of carbonyl (C=O) groups excluding carboxylic acids is 1. The van der Waals surface area contributed by atoms with Gasteiger partial charge in [-0.25, -0.2) is 19.9 Å². The molecule has 2 saturated heterocycles. The van der Waals surface area contributed by atoms with E-state index >= 15 is 0 Å². The number of carbonyl (C=O) groups is 1. The molecule has 0 aliphatic carbocycles. The lowest BCUT2D eigenvalue weighted by atomic mass is 10.1. The number of esters is 1. The van der Waals surface area contributed by atoms with Crippen molar-refractivity contribution < 1.29 is 9.53 Å². The number of aryl methyl sites for hydroxylation is 2. The fourth-order valence-electron chi connectivity index (χ4n) is 6.63. The molecule has 63 heavy (non-hydrogen) atoms. The van der Waals surface area contributed by atoms with E-state index in [9.17, 15) is 4.79 Å². The van der Waals surface area contributed by atoms with Gasteiger partial charge in [0.15, 0.2) is 21.9 Å². The zero-order chi connectivity index (χ0) is 44.5. The number of hydrogen-bond acceptors (Lipinski definition) is 17. The normalized spacial score (nSPS) is 14.8. The number of nitrogen functional groups attached to an aromatic ring is 1. The molecule has 0 bridgehead atoms. The second-order valence-corrected chi connectivity index (χ2v) is 18.8. The summed E-state index contributed by atoms with van der Waals surface area (Å²) in [6.45, 7) is 17.3. The minimum absolute atomic E-state index is 0.231. The van der Waals surface area contributed by atoms with Crippen molar-refractivity contribution in [2.75, 3.05) is 92.6 Å². The van der Waals surface area contributed by atoms with Crippen LogP contribution in [-0.2, 0) is 16.0 Å². The molecule has 0 amide bonds. The summed E-state index contributed by atoms with van der Waals surface area (Å²) in [6.07, 6.45) is 0.245. The number of anilines is 7. The molecule has 0 radical (unpaired) electrons. The molecular formula is C44H57N15O2S2. The Labute approximate surface area is 377 Å². The summed E-state index contributed by atoms with van der Waals surface area (Å²) < 4.78 is 5.42. The summed E-state index contributed by atoms with van der Waals surface area (Å²) in [5.74, 6) is 4.47. The Morgan fingerprint density at radius 1 is 0.651 bits per heavy atom. The van der Waals surface area contributed by atoms with Crippen molar-refractivity contribution in [1.29, 1.82) is 0 Å². The third kappa shape index (κ3) is 13.8. The van der Waals surface area contributed by atoms with Crippen molar-refractivity contribution >= 4 is 70.1 Å². The average molecular weight is 892 g/mol. The summed E-state index contributed by atoms with van der Waals surface area (Å²) >= 11 is 3.01. The molecule has 2 aliphatic heterocycles. The lowest BCUT2D eigenvalue weighted by molar-refractivity contribution is -0.153. The van der Waals surface area contributed by atoms with Crippen molar-refractivity contribution in [1.82, 2.24) is 50.1 Å². The SMILES string of the molecule is Cc1cc(Nc2cc(N3CCN(C)CC3)nc(Sc3ccc(CC(=O)OC(C)(C)C)cc3)n2)n[nH]1.Cc1cc(Nc2cc(N3CCN(C)CC3)nc(Sc3ccc(N)cc3)n2)n[nH]1. The molecule has 6 heterocycles. The van der Waals surface area contributed by atoms with E-state index in [2.05, 4.69) is 69.7 Å². The van der Waals surface area contributed by atoms with Gasteiger partial charge >= 0.3 is 5.97 Å². The van der Waals surface area contributed by atoms with Gasteiger partial charge in [-0.1, -0.05) is 12.1 Å². The highest BCUT2D eigenvalue weighted by molar-refractivity contribution is 7.99. The quantitative estimate of drug-likeness (QED) is 0.0489. The van der Waals surface area contributed by atoms with E-state index in [-0.39, 0.29) is 12.4 Å². The number of aromatic nitrogens is 8. The molecular weight excluding hydrogens is 835 g/mol. The van der Waals surface area contributed by atoms with Gasteiger partial charge in [-0.3, -0.25) is 15.0 Å². The second kappa shape index (κ2) is 20.5. The molecule has 17 nitrogen and oxygen atoms in total. The summed E-state index contributed by atoms with van der Waals surface area (Å²) in [5.41, 5.74) is 8.93. The molecule has 0 saturated carbocycles. The number of piperazine rings is 2. The number of H-pyrrole nitrogens is 2. The first kappa shape index (κ1) is 45.1. The van der Waals surface area contributed by atoms with Gasteiger partial charge in [0.1, 0.15) is 28.9 Å². The predicted molar refractivity (Wildman–Crippen MR) is 252 cm³/mol. The van der Waals surface area contributed by atoms with E-state index in [4.69, 9.17) is 25.4 Å². The molecule has 19 heteroatoms. The number of ether oxygens (including phenoxy) is 1. The highest BCUT2D eigenvalue weighted by atomic mass is 32.2. The van der Waals surface area contributed by atoms with E-state index < -0.39 is 5.60 Å². The van der Waals surface area contributed by atoms with Crippen molar-refractivity contribution in [2.45, 2.75) is 66.7 Å². The number of nitrogens with two attached hydrogens (primary N) is 1. The Morgan fingerprint density at radius 2 is 1.08 bits per heavy atom. The third-order valence-electron chi connectivity index (χ3n) is 9.95. The van der Waals surface area contributed by atoms with E-state index in [1.807, 2.05) is 107 Å². The van der Waals surface area contributed by atoms with Gasteiger partial charge in [-0.15, -0.1) is 0 Å². The number of nitrogens with zero attached hydrogens (tertiary/aromatic N) is 10. The Hall–Kier alpha value is -5.89. The largest absolute Gasteiger partial charge is 0.460 e. The molecule has 0 unspecified atom stereocenters. The number of hydrogen-bond donors (Lipinski definition) is 5. The van der Waals surface area contributed by atoms with Gasteiger partial charge in [0.25, 0.3) is 0 Å². The highest BCUT2D eigenvalue weighted by Crippen LogP contribution is 2.31. The van der Waals surface area contributed by atoms with Crippen molar-refractivity contribution in [2.24, 2.45) is 0 Å². The average Bonchev–Trinajstić information content (AvgIpc) is 3.85. The van der Waals surface area contributed by atoms with Gasteiger partial charge in [-0.05, 0) is 114 Å². The van der Waals surface area contributed by atoms with Crippen LogP contribution in [0.15, 0.2) is 92.9 Å². The molecule has 332 valence electrons. The molecule has 2 aromatic carbocycles. The zero-order valence-electron chi connectivity index (χ0n) is 37.0. The number of rotatable bonds is 12. The Kier molecular flexibility index (Phi) is 14.7. The van der Waals surface area contributed by atoms with Crippen LogP contribution in [0.1, 0.15) is 37.7 Å². The van der Waals surface area contributed by atoms with E-state index in [1.54, 1.807) is 0 Å². The van der Waals surface area contributed by atoms with Crippen LogP contribution in [0.25, 0.3) is 0 Å².